The lowest BCUT2D eigenvalue weighted by atomic mass is 10.0. The summed E-state index contributed by atoms with van der Waals surface area (Å²) in [7, 11) is 0. The van der Waals surface area contributed by atoms with Crippen molar-refractivity contribution >= 4 is 11.2 Å². The monoisotopic (exact) mass is 300 g/mol. The summed E-state index contributed by atoms with van der Waals surface area (Å²) in [6.45, 7) is 6.53. The molecule has 3 heterocycles. The topological polar surface area (TPSA) is 42.7 Å². The van der Waals surface area contributed by atoms with Crippen LogP contribution in [0.5, 0.6) is 0 Å². The molecule has 2 aromatic rings. The fourth-order valence-electron chi connectivity index (χ4n) is 3.37. The average molecular weight is 300 g/mol. The number of unbranched alkanes of at least 4 members (excludes halogenated alkanes) is 1. The molecule has 0 spiro atoms. The van der Waals surface area contributed by atoms with Gasteiger partial charge in [-0.3, -0.25) is 0 Å². The van der Waals surface area contributed by atoms with Gasteiger partial charge in [0.2, 0.25) is 0 Å². The number of nitrogens with zero attached hydrogens (tertiary/aromatic N) is 3. The van der Waals surface area contributed by atoms with Gasteiger partial charge in [0.25, 0.3) is 0 Å². The van der Waals surface area contributed by atoms with Crippen LogP contribution in [0.3, 0.4) is 0 Å². The number of piperidine rings is 1. The molecule has 1 N–H and O–H groups in total. The predicted octanol–water partition coefficient (Wildman–Crippen LogP) is 3.61. The Morgan fingerprint density at radius 3 is 3.05 bits per heavy atom. The van der Waals surface area contributed by atoms with Gasteiger partial charge in [0, 0.05) is 25.2 Å². The Kier molecular flexibility index (Phi) is 5.08. The van der Waals surface area contributed by atoms with Crippen LogP contribution in [0, 0.1) is 6.92 Å². The van der Waals surface area contributed by atoms with Crippen LogP contribution >= 0.6 is 0 Å². The Balaban J connectivity index is 1.80. The zero-order chi connectivity index (χ0) is 15.4. The van der Waals surface area contributed by atoms with E-state index >= 15 is 0 Å². The lowest BCUT2D eigenvalue weighted by molar-refractivity contribution is 0.366. The number of fused-ring (bicyclic) bond motifs is 1. The van der Waals surface area contributed by atoms with E-state index in [0.717, 1.165) is 24.1 Å². The fraction of sp³-hybridized carbons (Fsp3) is 0.667. The number of pyridine rings is 1. The summed E-state index contributed by atoms with van der Waals surface area (Å²) in [6.07, 6.45) is 10.6. The fourth-order valence-corrected chi connectivity index (χ4v) is 3.37. The third-order valence-corrected chi connectivity index (χ3v) is 4.67. The van der Waals surface area contributed by atoms with Crippen molar-refractivity contribution < 1.29 is 0 Å². The van der Waals surface area contributed by atoms with Gasteiger partial charge >= 0.3 is 0 Å². The first-order valence-corrected chi connectivity index (χ1v) is 8.83. The molecule has 1 unspecified atom stereocenters. The lowest BCUT2D eigenvalue weighted by Gasteiger charge is -2.23. The van der Waals surface area contributed by atoms with Gasteiger partial charge in [-0.05, 0) is 50.8 Å². The molecule has 3 rings (SSSR count). The summed E-state index contributed by atoms with van der Waals surface area (Å²) in [6, 6.07) is 2.82. The second-order valence-electron chi connectivity index (χ2n) is 6.57. The van der Waals surface area contributed by atoms with Gasteiger partial charge < -0.3 is 9.88 Å². The molecule has 1 fully saturated rings. The Labute approximate surface area is 133 Å². The van der Waals surface area contributed by atoms with E-state index in [2.05, 4.69) is 34.8 Å². The van der Waals surface area contributed by atoms with E-state index in [0.29, 0.717) is 6.04 Å². The number of aromatic nitrogens is 3. The first kappa shape index (κ1) is 15.5. The molecule has 0 radical (unpaired) electrons. The number of hydrogen-bond acceptors (Lipinski definition) is 3. The van der Waals surface area contributed by atoms with Gasteiger partial charge in [-0.25, -0.2) is 9.97 Å². The van der Waals surface area contributed by atoms with Crippen molar-refractivity contribution in [3.05, 3.63) is 23.7 Å². The van der Waals surface area contributed by atoms with E-state index in [1.54, 1.807) is 0 Å². The van der Waals surface area contributed by atoms with Crippen molar-refractivity contribution in [3.8, 4) is 0 Å². The molecular weight excluding hydrogens is 272 g/mol. The molecule has 0 aromatic carbocycles. The van der Waals surface area contributed by atoms with Crippen LogP contribution in [-0.2, 0) is 13.0 Å². The van der Waals surface area contributed by atoms with E-state index in [9.17, 15) is 0 Å². The zero-order valence-electron chi connectivity index (χ0n) is 13.9. The van der Waals surface area contributed by atoms with Crippen LogP contribution < -0.4 is 5.32 Å². The second-order valence-corrected chi connectivity index (χ2v) is 6.57. The van der Waals surface area contributed by atoms with E-state index in [1.807, 2.05) is 6.20 Å². The van der Waals surface area contributed by atoms with Crippen molar-refractivity contribution in [3.63, 3.8) is 0 Å². The van der Waals surface area contributed by atoms with E-state index < -0.39 is 0 Å². The van der Waals surface area contributed by atoms with Crippen LogP contribution in [0.15, 0.2) is 12.3 Å². The maximum atomic E-state index is 4.85. The van der Waals surface area contributed by atoms with Crippen LogP contribution in [0.2, 0.25) is 0 Å². The molecule has 120 valence electrons. The van der Waals surface area contributed by atoms with Gasteiger partial charge in [-0.1, -0.05) is 19.8 Å². The van der Waals surface area contributed by atoms with Crippen LogP contribution in [0.25, 0.3) is 11.2 Å². The highest BCUT2D eigenvalue weighted by atomic mass is 15.1. The van der Waals surface area contributed by atoms with Crippen LogP contribution in [0.1, 0.15) is 56.8 Å². The minimum atomic E-state index is 0.663. The van der Waals surface area contributed by atoms with E-state index in [-0.39, 0.29) is 0 Å². The average Bonchev–Trinajstić information content (AvgIpc) is 2.88. The maximum Gasteiger partial charge on any atom is 0.160 e. The molecule has 0 bridgehead atoms. The van der Waals surface area contributed by atoms with Gasteiger partial charge in [0.05, 0.1) is 0 Å². The first-order valence-electron chi connectivity index (χ1n) is 8.83. The normalized spacial score (nSPS) is 18.9. The second kappa shape index (κ2) is 7.23. The Morgan fingerprint density at radius 1 is 1.36 bits per heavy atom. The van der Waals surface area contributed by atoms with Crippen molar-refractivity contribution in [2.75, 3.05) is 6.54 Å². The molecule has 22 heavy (non-hydrogen) atoms. The molecular formula is C18H28N4. The molecule has 0 amide bonds. The minimum absolute atomic E-state index is 0.663. The highest BCUT2D eigenvalue weighted by Crippen LogP contribution is 2.19. The molecule has 0 saturated carbocycles. The maximum absolute atomic E-state index is 4.85. The van der Waals surface area contributed by atoms with Gasteiger partial charge in [-0.15, -0.1) is 0 Å². The van der Waals surface area contributed by atoms with Crippen LogP contribution in [-0.4, -0.2) is 27.1 Å². The van der Waals surface area contributed by atoms with Crippen LogP contribution in [0.4, 0.5) is 0 Å². The van der Waals surface area contributed by atoms with Crippen molar-refractivity contribution in [2.45, 2.75) is 71.4 Å². The zero-order valence-corrected chi connectivity index (χ0v) is 13.9. The SMILES string of the molecule is CCCCc1nc2cc(C)cnc2n1CCC1CCCCN1. The minimum Gasteiger partial charge on any atom is -0.314 e. The molecule has 1 atom stereocenters. The van der Waals surface area contributed by atoms with Crippen molar-refractivity contribution in [1.82, 2.24) is 19.9 Å². The molecule has 4 nitrogen and oxygen atoms in total. The molecule has 4 heteroatoms. The third-order valence-electron chi connectivity index (χ3n) is 4.67. The number of nitrogens with one attached hydrogen (secondary N) is 1. The molecule has 1 saturated heterocycles. The van der Waals surface area contributed by atoms with Crippen molar-refractivity contribution in [1.29, 1.82) is 0 Å². The highest BCUT2D eigenvalue weighted by molar-refractivity contribution is 5.72. The summed E-state index contributed by atoms with van der Waals surface area (Å²) in [4.78, 5) is 9.51. The molecule has 2 aromatic heterocycles. The van der Waals surface area contributed by atoms with E-state index in [1.165, 1.54) is 56.5 Å². The summed E-state index contributed by atoms with van der Waals surface area (Å²) in [5.41, 5.74) is 3.31. The Hall–Kier alpha value is -1.42. The quantitative estimate of drug-likeness (QED) is 0.886. The molecule has 0 aliphatic carbocycles. The third kappa shape index (κ3) is 3.49. The largest absolute Gasteiger partial charge is 0.314 e. The number of imidazole rings is 1. The molecule has 1 aliphatic heterocycles. The Bertz CT molecular complexity index is 611. The van der Waals surface area contributed by atoms with Gasteiger partial charge in [0.1, 0.15) is 11.3 Å². The smallest absolute Gasteiger partial charge is 0.160 e. The number of hydrogen-bond donors (Lipinski definition) is 1. The predicted molar refractivity (Wildman–Crippen MR) is 91.1 cm³/mol. The number of aryl methyl sites for hydroxylation is 3. The standard InChI is InChI=1S/C18H28N4/c1-3-4-8-17-21-16-12-14(2)13-20-18(16)22(17)11-9-15-7-5-6-10-19-15/h12-13,15,19H,3-11H2,1-2H3. The summed E-state index contributed by atoms with van der Waals surface area (Å²) >= 11 is 0. The lowest BCUT2D eigenvalue weighted by Crippen LogP contribution is -2.34. The van der Waals surface area contributed by atoms with E-state index in [4.69, 9.17) is 4.98 Å². The number of rotatable bonds is 6. The first-order chi connectivity index (χ1) is 10.8. The Morgan fingerprint density at radius 2 is 2.27 bits per heavy atom. The summed E-state index contributed by atoms with van der Waals surface area (Å²) in [5, 5.41) is 3.65. The van der Waals surface area contributed by atoms with Crippen molar-refractivity contribution in [2.24, 2.45) is 0 Å². The van der Waals surface area contributed by atoms with Gasteiger partial charge in [-0.2, -0.15) is 0 Å². The van der Waals surface area contributed by atoms with Gasteiger partial charge in [0.15, 0.2) is 5.65 Å². The summed E-state index contributed by atoms with van der Waals surface area (Å²) < 4.78 is 2.36. The molecule has 1 aliphatic rings. The summed E-state index contributed by atoms with van der Waals surface area (Å²) in [5.74, 6) is 1.21. The highest BCUT2D eigenvalue weighted by Gasteiger charge is 2.16.